The first-order valence-corrected chi connectivity index (χ1v) is 9.26. The van der Waals surface area contributed by atoms with Crippen molar-refractivity contribution >= 4 is 27.5 Å². The van der Waals surface area contributed by atoms with Crippen LogP contribution in [0.4, 0.5) is 0 Å². The molecular formula is C17H25N3O3S. The first-order valence-electron chi connectivity index (χ1n) is 8.44. The van der Waals surface area contributed by atoms with Crippen LogP contribution < -0.4 is 10.9 Å². The highest BCUT2D eigenvalue weighted by Gasteiger charge is 2.18. The Hall–Kier alpha value is -1.73. The van der Waals surface area contributed by atoms with Crippen molar-refractivity contribution in [3.8, 4) is 0 Å². The van der Waals surface area contributed by atoms with Crippen LogP contribution in [-0.2, 0) is 11.3 Å². The van der Waals surface area contributed by atoms with Crippen LogP contribution in [0.5, 0.6) is 0 Å². The van der Waals surface area contributed by atoms with Gasteiger partial charge in [0.1, 0.15) is 4.83 Å². The van der Waals surface area contributed by atoms with E-state index in [9.17, 15) is 9.59 Å². The maximum atomic E-state index is 12.4. The topological polar surface area (TPSA) is 73.2 Å². The van der Waals surface area contributed by atoms with Crippen LogP contribution >= 0.6 is 11.3 Å². The van der Waals surface area contributed by atoms with Crippen molar-refractivity contribution in [3.05, 3.63) is 27.1 Å². The Bertz CT molecular complexity index is 751. The van der Waals surface area contributed by atoms with Crippen molar-refractivity contribution in [2.24, 2.45) is 0 Å². The fourth-order valence-electron chi connectivity index (χ4n) is 2.41. The van der Waals surface area contributed by atoms with Gasteiger partial charge in [-0.2, -0.15) is 0 Å². The molecule has 0 saturated carbocycles. The molecule has 0 unspecified atom stereocenters. The zero-order valence-electron chi connectivity index (χ0n) is 14.6. The van der Waals surface area contributed by atoms with E-state index in [-0.39, 0.29) is 11.5 Å². The van der Waals surface area contributed by atoms with Gasteiger partial charge in [-0.05, 0) is 32.3 Å². The van der Waals surface area contributed by atoms with Crippen LogP contribution in [0.2, 0.25) is 0 Å². The molecule has 1 N–H and O–H groups in total. The summed E-state index contributed by atoms with van der Waals surface area (Å²) in [6.07, 6.45) is 4.50. The van der Waals surface area contributed by atoms with Gasteiger partial charge in [0.15, 0.2) is 0 Å². The molecule has 0 fully saturated rings. The van der Waals surface area contributed by atoms with E-state index < -0.39 is 0 Å². The minimum atomic E-state index is -0.147. The van der Waals surface area contributed by atoms with Crippen molar-refractivity contribution in [1.82, 2.24) is 14.9 Å². The van der Waals surface area contributed by atoms with Gasteiger partial charge < -0.3 is 10.1 Å². The number of hydrogen-bond acceptors (Lipinski definition) is 5. The van der Waals surface area contributed by atoms with Gasteiger partial charge in [-0.15, -0.1) is 11.3 Å². The van der Waals surface area contributed by atoms with E-state index in [1.54, 1.807) is 4.57 Å². The summed E-state index contributed by atoms with van der Waals surface area (Å²) < 4.78 is 7.02. The zero-order valence-corrected chi connectivity index (χ0v) is 15.4. The van der Waals surface area contributed by atoms with Gasteiger partial charge in [0.25, 0.3) is 11.5 Å². The van der Waals surface area contributed by atoms with Crippen LogP contribution in [-0.4, -0.2) is 35.2 Å². The highest BCUT2D eigenvalue weighted by molar-refractivity contribution is 7.20. The van der Waals surface area contributed by atoms with Crippen LogP contribution in [0.25, 0.3) is 10.2 Å². The Morgan fingerprint density at radius 1 is 1.33 bits per heavy atom. The molecule has 0 spiro atoms. The minimum Gasteiger partial charge on any atom is -0.381 e. The number of amides is 1. The normalized spacial score (nSPS) is 11.1. The number of aromatic nitrogens is 2. The molecule has 132 valence electrons. The number of aryl methyl sites for hydroxylation is 2. The third-order valence-electron chi connectivity index (χ3n) is 3.86. The summed E-state index contributed by atoms with van der Waals surface area (Å²) in [5.41, 5.74) is 0.631. The van der Waals surface area contributed by atoms with E-state index >= 15 is 0 Å². The fourth-order valence-corrected chi connectivity index (χ4v) is 3.46. The molecule has 0 aliphatic heterocycles. The number of rotatable bonds is 9. The lowest BCUT2D eigenvalue weighted by Crippen LogP contribution is -2.25. The average Bonchev–Trinajstić information content (AvgIpc) is 2.92. The van der Waals surface area contributed by atoms with E-state index in [0.717, 1.165) is 25.9 Å². The smallest absolute Gasteiger partial charge is 0.262 e. The summed E-state index contributed by atoms with van der Waals surface area (Å²) in [4.78, 5) is 30.2. The van der Waals surface area contributed by atoms with Gasteiger partial charge in [0.2, 0.25) is 0 Å². The number of nitrogens with one attached hydrogen (secondary N) is 1. The molecule has 0 aliphatic carbocycles. The summed E-state index contributed by atoms with van der Waals surface area (Å²) in [5, 5.41) is 3.45. The van der Waals surface area contributed by atoms with Crippen LogP contribution in [0, 0.1) is 6.92 Å². The number of hydrogen-bond donors (Lipinski definition) is 1. The maximum Gasteiger partial charge on any atom is 0.262 e. The monoisotopic (exact) mass is 351 g/mol. The second-order valence-corrected chi connectivity index (χ2v) is 6.65. The van der Waals surface area contributed by atoms with Crippen molar-refractivity contribution in [2.75, 3.05) is 19.8 Å². The SMILES string of the molecule is CCCCOCCCNC(=O)c1sc2ncn(CC)c(=O)c2c1C. The zero-order chi connectivity index (χ0) is 17.5. The van der Waals surface area contributed by atoms with Gasteiger partial charge in [-0.1, -0.05) is 13.3 Å². The molecule has 0 radical (unpaired) electrons. The molecular weight excluding hydrogens is 326 g/mol. The summed E-state index contributed by atoms with van der Waals surface area (Å²) >= 11 is 1.27. The standard InChI is InChI=1S/C17H25N3O3S/c1-4-6-9-23-10-7-8-18-15(21)14-12(3)13-16(24-14)19-11-20(5-2)17(13)22/h11H,4-10H2,1-3H3,(H,18,21). The van der Waals surface area contributed by atoms with Gasteiger partial charge >= 0.3 is 0 Å². The summed E-state index contributed by atoms with van der Waals surface area (Å²) in [5.74, 6) is -0.147. The molecule has 0 saturated heterocycles. The van der Waals surface area contributed by atoms with Crippen molar-refractivity contribution in [3.63, 3.8) is 0 Å². The third kappa shape index (κ3) is 4.21. The Labute approximate surface area is 145 Å². The van der Waals surface area contributed by atoms with E-state index in [1.165, 1.54) is 17.7 Å². The van der Waals surface area contributed by atoms with Crippen molar-refractivity contribution < 1.29 is 9.53 Å². The highest BCUT2D eigenvalue weighted by atomic mass is 32.1. The van der Waals surface area contributed by atoms with E-state index in [2.05, 4.69) is 17.2 Å². The van der Waals surface area contributed by atoms with Crippen molar-refractivity contribution in [1.29, 1.82) is 0 Å². The van der Waals surface area contributed by atoms with Crippen LogP contribution in [0.1, 0.15) is 48.3 Å². The molecule has 6 nitrogen and oxygen atoms in total. The number of unbranched alkanes of at least 4 members (excludes halogenated alkanes) is 1. The van der Waals surface area contributed by atoms with Gasteiger partial charge in [-0.25, -0.2) is 4.98 Å². The van der Waals surface area contributed by atoms with Crippen LogP contribution in [0.3, 0.4) is 0 Å². The largest absolute Gasteiger partial charge is 0.381 e. The lowest BCUT2D eigenvalue weighted by molar-refractivity contribution is 0.0944. The molecule has 0 atom stereocenters. The lowest BCUT2D eigenvalue weighted by Gasteiger charge is -2.05. The Balaban J connectivity index is 1.99. The number of carbonyl (C=O) groups is 1. The van der Waals surface area contributed by atoms with E-state index in [4.69, 9.17) is 4.74 Å². The average molecular weight is 351 g/mol. The quantitative estimate of drug-likeness (QED) is 0.705. The summed E-state index contributed by atoms with van der Waals surface area (Å²) in [6.45, 7) is 8.38. The van der Waals surface area contributed by atoms with Gasteiger partial charge in [0.05, 0.1) is 16.6 Å². The van der Waals surface area contributed by atoms with Crippen LogP contribution in [0.15, 0.2) is 11.1 Å². The first kappa shape index (κ1) is 18.6. The van der Waals surface area contributed by atoms with Gasteiger partial charge in [0, 0.05) is 26.3 Å². The second kappa shape index (κ2) is 8.94. The lowest BCUT2D eigenvalue weighted by atomic mass is 10.2. The number of thiophene rings is 1. The number of ether oxygens (including phenoxy) is 1. The summed E-state index contributed by atoms with van der Waals surface area (Å²) in [7, 11) is 0. The highest BCUT2D eigenvalue weighted by Crippen LogP contribution is 2.26. The molecule has 2 aromatic heterocycles. The molecule has 2 rings (SSSR count). The first-order chi connectivity index (χ1) is 11.6. The van der Waals surface area contributed by atoms with Gasteiger partial charge in [-0.3, -0.25) is 14.2 Å². The number of fused-ring (bicyclic) bond motifs is 1. The second-order valence-electron chi connectivity index (χ2n) is 5.65. The van der Waals surface area contributed by atoms with Crippen molar-refractivity contribution in [2.45, 2.75) is 46.6 Å². The molecule has 0 aliphatic rings. The molecule has 2 aromatic rings. The molecule has 2 heterocycles. The minimum absolute atomic E-state index is 0.0837. The Kier molecular flexibility index (Phi) is 6.93. The van der Waals surface area contributed by atoms with E-state index in [1.807, 2.05) is 13.8 Å². The molecule has 24 heavy (non-hydrogen) atoms. The maximum absolute atomic E-state index is 12.4. The number of carbonyl (C=O) groups excluding carboxylic acids is 1. The summed E-state index contributed by atoms with van der Waals surface area (Å²) in [6, 6.07) is 0. The Morgan fingerprint density at radius 2 is 2.08 bits per heavy atom. The molecule has 7 heteroatoms. The number of nitrogens with zero attached hydrogens (tertiary/aromatic N) is 2. The molecule has 0 aromatic carbocycles. The predicted molar refractivity (Wildman–Crippen MR) is 97.0 cm³/mol. The molecule has 1 amide bonds. The van der Waals surface area contributed by atoms with E-state index in [0.29, 0.717) is 40.4 Å². The third-order valence-corrected chi connectivity index (χ3v) is 5.06. The fraction of sp³-hybridized carbons (Fsp3) is 0.588. The predicted octanol–water partition coefficient (Wildman–Crippen LogP) is 2.72. The molecule has 0 bridgehead atoms. The Morgan fingerprint density at radius 3 is 2.79 bits per heavy atom.